The molecule has 1 aromatic heterocycles. The number of imidazole rings is 1. The fourth-order valence-electron chi connectivity index (χ4n) is 3.43. The molecule has 1 aliphatic carbocycles. The second-order valence-corrected chi connectivity index (χ2v) is 5.61. The van der Waals surface area contributed by atoms with Gasteiger partial charge < -0.3 is 4.98 Å². The van der Waals surface area contributed by atoms with Crippen molar-refractivity contribution in [3.8, 4) is 0 Å². The zero-order valence-electron chi connectivity index (χ0n) is 10.1. The van der Waals surface area contributed by atoms with E-state index in [9.17, 15) is 0 Å². The highest BCUT2D eigenvalue weighted by Crippen LogP contribution is 2.34. The quantitative estimate of drug-likeness (QED) is 0.828. The van der Waals surface area contributed by atoms with Gasteiger partial charge in [0.05, 0.1) is 6.54 Å². The summed E-state index contributed by atoms with van der Waals surface area (Å²) >= 11 is 0. The molecule has 3 heteroatoms. The Morgan fingerprint density at radius 2 is 2.12 bits per heavy atom. The summed E-state index contributed by atoms with van der Waals surface area (Å²) < 4.78 is 0. The van der Waals surface area contributed by atoms with Crippen molar-refractivity contribution in [2.75, 3.05) is 13.1 Å². The van der Waals surface area contributed by atoms with Crippen molar-refractivity contribution in [2.24, 2.45) is 11.8 Å². The van der Waals surface area contributed by atoms with Crippen LogP contribution in [-0.4, -0.2) is 28.0 Å². The number of rotatable bonds is 2. The highest BCUT2D eigenvalue weighted by Gasteiger charge is 2.30. The van der Waals surface area contributed by atoms with E-state index in [0.29, 0.717) is 0 Å². The molecule has 1 N–H and O–H groups in total. The van der Waals surface area contributed by atoms with E-state index in [2.05, 4.69) is 21.8 Å². The molecule has 2 bridgehead atoms. The number of hydrogen-bond donors (Lipinski definition) is 1. The number of aryl methyl sites for hydroxylation is 1. The first-order chi connectivity index (χ1) is 7.79. The largest absolute Gasteiger partial charge is 0.345 e. The summed E-state index contributed by atoms with van der Waals surface area (Å²) in [6.07, 6.45) is 7.77. The maximum absolute atomic E-state index is 4.41. The normalized spacial score (nSPS) is 30.6. The molecular weight excluding hydrogens is 198 g/mol. The Balaban J connectivity index is 1.63. The fourth-order valence-corrected chi connectivity index (χ4v) is 3.43. The van der Waals surface area contributed by atoms with Crippen LogP contribution in [0.25, 0.3) is 0 Å². The van der Waals surface area contributed by atoms with Gasteiger partial charge in [-0.15, -0.1) is 0 Å². The molecule has 2 heterocycles. The van der Waals surface area contributed by atoms with Crippen molar-refractivity contribution < 1.29 is 0 Å². The summed E-state index contributed by atoms with van der Waals surface area (Å²) in [5.41, 5.74) is 1.17. The molecule has 3 rings (SSSR count). The SMILES string of the molecule is Cc1cnc(CN2CC3CCCC(C3)C2)[nH]1. The number of hydrogen-bond acceptors (Lipinski definition) is 2. The van der Waals surface area contributed by atoms with Crippen LogP contribution in [0.2, 0.25) is 0 Å². The maximum Gasteiger partial charge on any atom is 0.120 e. The van der Waals surface area contributed by atoms with E-state index in [1.807, 2.05) is 6.20 Å². The Labute approximate surface area is 97.3 Å². The molecule has 2 aliphatic rings. The lowest BCUT2D eigenvalue weighted by molar-refractivity contribution is 0.0790. The van der Waals surface area contributed by atoms with Gasteiger partial charge >= 0.3 is 0 Å². The molecule has 1 aromatic rings. The Hall–Kier alpha value is -0.830. The topological polar surface area (TPSA) is 31.9 Å². The molecule has 2 atom stereocenters. The summed E-state index contributed by atoms with van der Waals surface area (Å²) in [4.78, 5) is 10.3. The van der Waals surface area contributed by atoms with Crippen LogP contribution in [0.15, 0.2) is 6.20 Å². The van der Waals surface area contributed by atoms with Crippen LogP contribution in [0.5, 0.6) is 0 Å². The lowest BCUT2D eigenvalue weighted by Crippen LogP contribution is -2.42. The number of aromatic amines is 1. The summed E-state index contributed by atoms with van der Waals surface area (Å²) in [5, 5.41) is 0. The smallest absolute Gasteiger partial charge is 0.120 e. The monoisotopic (exact) mass is 219 g/mol. The highest BCUT2D eigenvalue weighted by atomic mass is 15.2. The number of H-pyrrole nitrogens is 1. The van der Waals surface area contributed by atoms with Crippen molar-refractivity contribution in [3.05, 3.63) is 17.7 Å². The lowest BCUT2D eigenvalue weighted by Gasteiger charge is -2.41. The average Bonchev–Trinajstić information content (AvgIpc) is 2.63. The van der Waals surface area contributed by atoms with E-state index < -0.39 is 0 Å². The summed E-state index contributed by atoms with van der Waals surface area (Å²) in [6, 6.07) is 0. The Morgan fingerprint density at radius 3 is 2.75 bits per heavy atom. The van der Waals surface area contributed by atoms with Crippen LogP contribution in [-0.2, 0) is 6.54 Å². The minimum Gasteiger partial charge on any atom is -0.345 e. The first-order valence-corrected chi connectivity index (χ1v) is 6.52. The molecule has 1 saturated heterocycles. The molecule has 1 aliphatic heterocycles. The van der Waals surface area contributed by atoms with E-state index in [0.717, 1.165) is 24.2 Å². The maximum atomic E-state index is 4.41. The van der Waals surface area contributed by atoms with Crippen molar-refractivity contribution in [1.82, 2.24) is 14.9 Å². The molecule has 1 saturated carbocycles. The average molecular weight is 219 g/mol. The fraction of sp³-hybridized carbons (Fsp3) is 0.769. The van der Waals surface area contributed by atoms with Crippen molar-refractivity contribution in [3.63, 3.8) is 0 Å². The summed E-state index contributed by atoms with van der Waals surface area (Å²) in [6.45, 7) is 5.66. The van der Waals surface area contributed by atoms with E-state index in [1.54, 1.807) is 0 Å². The van der Waals surface area contributed by atoms with Gasteiger partial charge in [-0.3, -0.25) is 4.90 Å². The highest BCUT2D eigenvalue weighted by molar-refractivity contribution is 4.99. The summed E-state index contributed by atoms with van der Waals surface area (Å²) in [7, 11) is 0. The number of piperidine rings is 1. The Kier molecular flexibility index (Phi) is 2.72. The number of nitrogens with zero attached hydrogens (tertiary/aromatic N) is 2. The molecular formula is C13H21N3. The number of fused-ring (bicyclic) bond motifs is 2. The zero-order valence-corrected chi connectivity index (χ0v) is 10.1. The van der Waals surface area contributed by atoms with Gasteiger partial charge in [0.25, 0.3) is 0 Å². The number of nitrogens with one attached hydrogen (secondary N) is 1. The van der Waals surface area contributed by atoms with E-state index in [4.69, 9.17) is 0 Å². The van der Waals surface area contributed by atoms with Crippen molar-refractivity contribution >= 4 is 0 Å². The van der Waals surface area contributed by atoms with Gasteiger partial charge in [0.15, 0.2) is 0 Å². The standard InChI is InChI=1S/C13H21N3/c1-10-6-14-13(15-10)9-16-7-11-3-2-4-12(5-11)8-16/h6,11-12H,2-5,7-9H2,1H3,(H,14,15). The minimum atomic E-state index is 0.962. The minimum absolute atomic E-state index is 0.962. The zero-order chi connectivity index (χ0) is 11.0. The van der Waals surface area contributed by atoms with E-state index >= 15 is 0 Å². The van der Waals surface area contributed by atoms with Crippen LogP contribution in [0.1, 0.15) is 37.2 Å². The molecule has 0 aromatic carbocycles. The molecule has 16 heavy (non-hydrogen) atoms. The van der Waals surface area contributed by atoms with Crippen LogP contribution in [0, 0.1) is 18.8 Å². The molecule has 3 nitrogen and oxygen atoms in total. The number of aromatic nitrogens is 2. The van der Waals surface area contributed by atoms with Crippen molar-refractivity contribution in [2.45, 2.75) is 39.2 Å². The first kappa shape index (κ1) is 10.3. The van der Waals surface area contributed by atoms with E-state index in [1.165, 1.54) is 44.5 Å². The second-order valence-electron chi connectivity index (χ2n) is 5.61. The van der Waals surface area contributed by atoms with Crippen LogP contribution in [0.4, 0.5) is 0 Å². The van der Waals surface area contributed by atoms with Gasteiger partial charge in [0.2, 0.25) is 0 Å². The molecule has 2 unspecified atom stereocenters. The molecule has 0 radical (unpaired) electrons. The summed E-state index contributed by atoms with van der Waals surface area (Å²) in [5.74, 6) is 3.06. The third-order valence-electron chi connectivity index (χ3n) is 4.05. The molecule has 0 spiro atoms. The van der Waals surface area contributed by atoms with Crippen LogP contribution >= 0.6 is 0 Å². The van der Waals surface area contributed by atoms with E-state index in [-0.39, 0.29) is 0 Å². The second kappa shape index (κ2) is 4.21. The lowest BCUT2D eigenvalue weighted by atomic mass is 9.78. The molecule has 0 amide bonds. The van der Waals surface area contributed by atoms with Gasteiger partial charge in [-0.2, -0.15) is 0 Å². The van der Waals surface area contributed by atoms with Crippen LogP contribution < -0.4 is 0 Å². The third kappa shape index (κ3) is 2.14. The van der Waals surface area contributed by atoms with Gasteiger partial charge in [0.1, 0.15) is 5.82 Å². The van der Waals surface area contributed by atoms with Gasteiger partial charge in [0, 0.05) is 25.0 Å². The third-order valence-corrected chi connectivity index (χ3v) is 4.05. The van der Waals surface area contributed by atoms with Gasteiger partial charge in [-0.1, -0.05) is 6.42 Å². The molecule has 88 valence electrons. The van der Waals surface area contributed by atoms with Gasteiger partial charge in [-0.05, 0) is 38.0 Å². The molecule has 2 fully saturated rings. The number of likely N-dealkylation sites (tertiary alicyclic amines) is 1. The predicted octanol–water partition coefficient (Wildman–Crippen LogP) is 2.34. The van der Waals surface area contributed by atoms with Crippen LogP contribution in [0.3, 0.4) is 0 Å². The Morgan fingerprint density at radius 1 is 1.38 bits per heavy atom. The van der Waals surface area contributed by atoms with Crippen molar-refractivity contribution in [1.29, 1.82) is 0 Å². The van der Waals surface area contributed by atoms with Gasteiger partial charge in [-0.25, -0.2) is 4.98 Å². The predicted molar refractivity (Wildman–Crippen MR) is 64.0 cm³/mol. The first-order valence-electron chi connectivity index (χ1n) is 6.52. The Bertz CT molecular complexity index is 346.